The molecule has 1 aromatic heterocycles. The standard InChI is InChI=1S/C25H37N5O2/c1-18-9-19(28-14-25(6,15-28)29-12-23(2,3)13-29)7-8-20(18)21-10-30(27-26-21)11-22-31-16-24(4,5)17-32-22/h7-10,22H,11-17H2,1-6H3. The van der Waals surface area contributed by atoms with Crippen molar-refractivity contribution in [1.29, 1.82) is 0 Å². The lowest BCUT2D eigenvalue weighted by atomic mass is 9.77. The van der Waals surface area contributed by atoms with Gasteiger partial charge in [-0.3, -0.25) is 4.90 Å². The summed E-state index contributed by atoms with van der Waals surface area (Å²) in [6, 6.07) is 6.68. The Morgan fingerprint density at radius 1 is 0.969 bits per heavy atom. The Labute approximate surface area is 191 Å². The van der Waals surface area contributed by atoms with Crippen molar-refractivity contribution in [3.63, 3.8) is 0 Å². The van der Waals surface area contributed by atoms with Crippen molar-refractivity contribution in [3.05, 3.63) is 30.0 Å². The molecule has 7 heteroatoms. The van der Waals surface area contributed by atoms with Crippen molar-refractivity contribution < 1.29 is 9.47 Å². The van der Waals surface area contributed by atoms with Gasteiger partial charge in [-0.15, -0.1) is 5.10 Å². The average Bonchev–Trinajstić information content (AvgIpc) is 3.13. The van der Waals surface area contributed by atoms with Crippen LogP contribution in [0.2, 0.25) is 0 Å². The lowest BCUT2D eigenvalue weighted by molar-refractivity contribution is -0.227. The number of ether oxygens (including phenoxy) is 2. The van der Waals surface area contributed by atoms with Gasteiger partial charge in [-0.1, -0.05) is 39.0 Å². The van der Waals surface area contributed by atoms with E-state index in [1.54, 1.807) is 0 Å². The van der Waals surface area contributed by atoms with Gasteiger partial charge in [0.1, 0.15) is 5.69 Å². The Balaban J connectivity index is 1.20. The monoisotopic (exact) mass is 439 g/mol. The molecule has 5 rings (SSSR count). The molecule has 174 valence electrons. The Hall–Kier alpha value is -1.96. The number of hydrogen-bond acceptors (Lipinski definition) is 6. The smallest absolute Gasteiger partial charge is 0.177 e. The Bertz CT molecular complexity index is 974. The summed E-state index contributed by atoms with van der Waals surface area (Å²) in [5.74, 6) is 0. The third kappa shape index (κ3) is 4.18. The molecule has 32 heavy (non-hydrogen) atoms. The average molecular weight is 440 g/mol. The van der Waals surface area contributed by atoms with Gasteiger partial charge in [0.15, 0.2) is 6.29 Å². The predicted molar refractivity (Wildman–Crippen MR) is 126 cm³/mol. The maximum atomic E-state index is 5.83. The first-order chi connectivity index (χ1) is 15.0. The molecule has 0 unspecified atom stereocenters. The summed E-state index contributed by atoms with van der Waals surface area (Å²) in [5, 5.41) is 8.72. The molecule has 2 aromatic rings. The number of anilines is 1. The molecule has 0 aliphatic carbocycles. The summed E-state index contributed by atoms with van der Waals surface area (Å²) in [6.45, 7) is 20.1. The second-order valence-corrected chi connectivity index (χ2v) is 11.9. The molecule has 0 bridgehead atoms. The van der Waals surface area contributed by atoms with Gasteiger partial charge in [-0.05, 0) is 37.0 Å². The van der Waals surface area contributed by atoms with E-state index in [1.165, 1.54) is 24.3 Å². The number of benzene rings is 1. The Morgan fingerprint density at radius 2 is 1.66 bits per heavy atom. The van der Waals surface area contributed by atoms with Crippen LogP contribution in [-0.4, -0.2) is 71.1 Å². The summed E-state index contributed by atoms with van der Waals surface area (Å²) in [5.41, 5.74) is 5.39. The minimum Gasteiger partial charge on any atom is -0.368 e. The van der Waals surface area contributed by atoms with Crippen molar-refractivity contribution in [2.24, 2.45) is 10.8 Å². The molecule has 3 fully saturated rings. The molecule has 0 spiro atoms. The van der Waals surface area contributed by atoms with Crippen LogP contribution in [0.5, 0.6) is 0 Å². The number of aromatic nitrogens is 3. The molecule has 0 radical (unpaired) electrons. The highest BCUT2D eigenvalue weighted by molar-refractivity contribution is 5.67. The molecule has 3 aliphatic rings. The van der Waals surface area contributed by atoms with E-state index in [9.17, 15) is 0 Å². The van der Waals surface area contributed by atoms with Crippen LogP contribution in [0.15, 0.2) is 24.4 Å². The summed E-state index contributed by atoms with van der Waals surface area (Å²) in [7, 11) is 0. The van der Waals surface area contributed by atoms with Crippen LogP contribution in [-0.2, 0) is 16.0 Å². The molecule has 0 atom stereocenters. The molecule has 0 N–H and O–H groups in total. The predicted octanol–water partition coefficient (Wildman–Crippen LogP) is 3.57. The highest BCUT2D eigenvalue weighted by atomic mass is 16.7. The van der Waals surface area contributed by atoms with Gasteiger partial charge in [0.25, 0.3) is 0 Å². The van der Waals surface area contributed by atoms with Crippen LogP contribution >= 0.6 is 0 Å². The fraction of sp³-hybridized carbons (Fsp3) is 0.680. The second-order valence-electron chi connectivity index (χ2n) is 11.9. The zero-order valence-electron chi connectivity index (χ0n) is 20.4. The third-order valence-electron chi connectivity index (χ3n) is 7.11. The van der Waals surface area contributed by atoms with Gasteiger partial charge in [0, 0.05) is 42.8 Å². The van der Waals surface area contributed by atoms with Gasteiger partial charge in [-0.2, -0.15) is 0 Å². The van der Waals surface area contributed by atoms with E-state index >= 15 is 0 Å². The van der Waals surface area contributed by atoms with E-state index < -0.39 is 0 Å². The fourth-order valence-corrected chi connectivity index (χ4v) is 5.16. The first-order valence-electron chi connectivity index (χ1n) is 11.8. The van der Waals surface area contributed by atoms with E-state index in [1.807, 2.05) is 10.9 Å². The molecule has 0 saturated carbocycles. The summed E-state index contributed by atoms with van der Waals surface area (Å²) in [6.07, 6.45) is 1.72. The number of nitrogens with zero attached hydrogens (tertiary/aromatic N) is 5. The maximum absolute atomic E-state index is 5.83. The summed E-state index contributed by atoms with van der Waals surface area (Å²) < 4.78 is 13.5. The molecule has 1 aromatic carbocycles. The molecule has 3 aliphatic heterocycles. The number of likely N-dealkylation sites (tertiary alicyclic amines) is 1. The van der Waals surface area contributed by atoms with Crippen LogP contribution in [0.4, 0.5) is 5.69 Å². The van der Waals surface area contributed by atoms with Gasteiger partial charge in [0.05, 0.1) is 31.5 Å². The minimum atomic E-state index is -0.265. The molecule has 4 heterocycles. The van der Waals surface area contributed by atoms with Crippen molar-refractivity contribution in [1.82, 2.24) is 19.9 Å². The topological polar surface area (TPSA) is 55.7 Å². The largest absolute Gasteiger partial charge is 0.368 e. The lowest BCUT2D eigenvalue weighted by Gasteiger charge is -2.62. The van der Waals surface area contributed by atoms with E-state index in [0.29, 0.717) is 30.7 Å². The second kappa shape index (κ2) is 7.54. The van der Waals surface area contributed by atoms with E-state index in [2.05, 4.69) is 79.9 Å². The Morgan fingerprint density at radius 3 is 2.28 bits per heavy atom. The third-order valence-corrected chi connectivity index (χ3v) is 7.11. The van der Waals surface area contributed by atoms with Crippen LogP contribution in [0.25, 0.3) is 11.3 Å². The van der Waals surface area contributed by atoms with E-state index in [-0.39, 0.29) is 11.7 Å². The minimum absolute atomic E-state index is 0.0721. The number of aryl methyl sites for hydroxylation is 1. The Kier molecular flexibility index (Phi) is 5.15. The molecular formula is C25H37N5O2. The first-order valence-corrected chi connectivity index (χ1v) is 11.8. The summed E-state index contributed by atoms with van der Waals surface area (Å²) >= 11 is 0. The van der Waals surface area contributed by atoms with Gasteiger partial charge >= 0.3 is 0 Å². The summed E-state index contributed by atoms with van der Waals surface area (Å²) in [4.78, 5) is 5.13. The van der Waals surface area contributed by atoms with Gasteiger partial charge < -0.3 is 14.4 Å². The van der Waals surface area contributed by atoms with Gasteiger partial charge in [0.2, 0.25) is 0 Å². The SMILES string of the molecule is Cc1cc(N2CC(C)(N3CC(C)(C)C3)C2)ccc1-c1cn(CC2OCC(C)(C)CO2)nn1. The van der Waals surface area contributed by atoms with E-state index in [4.69, 9.17) is 9.47 Å². The molecule has 3 saturated heterocycles. The quantitative estimate of drug-likeness (QED) is 0.710. The van der Waals surface area contributed by atoms with Crippen molar-refractivity contribution in [2.45, 2.75) is 59.9 Å². The van der Waals surface area contributed by atoms with Gasteiger partial charge in [-0.25, -0.2) is 4.68 Å². The van der Waals surface area contributed by atoms with Crippen molar-refractivity contribution >= 4 is 5.69 Å². The van der Waals surface area contributed by atoms with Crippen LogP contribution in [0.1, 0.15) is 40.2 Å². The van der Waals surface area contributed by atoms with Crippen molar-refractivity contribution in [3.8, 4) is 11.3 Å². The molecular weight excluding hydrogens is 402 g/mol. The van der Waals surface area contributed by atoms with Crippen LogP contribution in [0.3, 0.4) is 0 Å². The van der Waals surface area contributed by atoms with E-state index in [0.717, 1.165) is 24.3 Å². The normalized spacial score (nSPS) is 24.8. The molecule has 0 amide bonds. The molecule has 7 nitrogen and oxygen atoms in total. The van der Waals surface area contributed by atoms with Crippen LogP contribution < -0.4 is 4.90 Å². The lowest BCUT2D eigenvalue weighted by Crippen LogP contribution is -2.74. The van der Waals surface area contributed by atoms with Crippen LogP contribution in [0, 0.1) is 17.8 Å². The zero-order valence-corrected chi connectivity index (χ0v) is 20.4. The fourth-order valence-electron chi connectivity index (χ4n) is 5.16. The number of rotatable bonds is 5. The highest BCUT2D eigenvalue weighted by Gasteiger charge is 2.50. The van der Waals surface area contributed by atoms with Crippen molar-refractivity contribution in [2.75, 3.05) is 44.3 Å². The zero-order chi connectivity index (χ0) is 22.7. The number of hydrogen-bond donors (Lipinski definition) is 0. The maximum Gasteiger partial charge on any atom is 0.177 e. The highest BCUT2D eigenvalue weighted by Crippen LogP contribution is 2.41. The first kappa shape index (κ1) is 21.9.